The zero-order valence-corrected chi connectivity index (χ0v) is 9.11. The summed E-state index contributed by atoms with van der Waals surface area (Å²) in [7, 11) is 5.26. The van der Waals surface area contributed by atoms with Gasteiger partial charge in [0.15, 0.2) is 0 Å². The van der Waals surface area contributed by atoms with Crippen molar-refractivity contribution >= 4 is 11.7 Å². The van der Waals surface area contributed by atoms with Crippen molar-refractivity contribution in [1.82, 2.24) is 4.90 Å². The van der Waals surface area contributed by atoms with Gasteiger partial charge in [0, 0.05) is 26.8 Å². The van der Waals surface area contributed by atoms with Gasteiger partial charge in [-0.25, -0.2) is 4.79 Å². The average Bonchev–Trinajstić information content (AvgIpc) is 2.16. The SMILES string of the molecule is Cc1ccc(N(C)C(=O)N(C)C)cc1. The van der Waals surface area contributed by atoms with E-state index in [1.807, 2.05) is 31.2 Å². The van der Waals surface area contributed by atoms with E-state index in [4.69, 9.17) is 0 Å². The number of carbonyl (C=O) groups is 1. The number of aryl methyl sites for hydroxylation is 1. The number of rotatable bonds is 1. The maximum Gasteiger partial charge on any atom is 0.323 e. The van der Waals surface area contributed by atoms with Crippen LogP contribution in [0.3, 0.4) is 0 Å². The van der Waals surface area contributed by atoms with E-state index in [1.165, 1.54) is 5.56 Å². The minimum atomic E-state index is -0.0196. The Morgan fingerprint density at radius 1 is 1.07 bits per heavy atom. The average molecular weight is 192 g/mol. The molecule has 3 heteroatoms. The van der Waals surface area contributed by atoms with Crippen molar-refractivity contribution < 1.29 is 4.79 Å². The van der Waals surface area contributed by atoms with Crippen LogP contribution >= 0.6 is 0 Å². The van der Waals surface area contributed by atoms with E-state index in [1.54, 1.807) is 30.9 Å². The van der Waals surface area contributed by atoms with E-state index in [-0.39, 0.29) is 6.03 Å². The number of nitrogens with zero attached hydrogens (tertiary/aromatic N) is 2. The molecule has 0 saturated carbocycles. The lowest BCUT2D eigenvalue weighted by Crippen LogP contribution is -2.36. The second-order valence-corrected chi connectivity index (χ2v) is 3.57. The van der Waals surface area contributed by atoms with Crippen LogP contribution in [0, 0.1) is 6.92 Å². The van der Waals surface area contributed by atoms with Gasteiger partial charge in [-0.2, -0.15) is 0 Å². The number of urea groups is 1. The van der Waals surface area contributed by atoms with Crippen molar-refractivity contribution in [1.29, 1.82) is 0 Å². The van der Waals surface area contributed by atoms with Gasteiger partial charge in [0.25, 0.3) is 0 Å². The quantitative estimate of drug-likeness (QED) is 0.668. The third kappa shape index (κ3) is 2.25. The second kappa shape index (κ2) is 4.13. The highest BCUT2D eigenvalue weighted by Gasteiger charge is 2.11. The molecule has 0 saturated heterocycles. The zero-order valence-electron chi connectivity index (χ0n) is 9.11. The summed E-state index contributed by atoms with van der Waals surface area (Å²) in [6.07, 6.45) is 0. The molecule has 0 bridgehead atoms. The lowest BCUT2D eigenvalue weighted by Gasteiger charge is -2.21. The fourth-order valence-corrected chi connectivity index (χ4v) is 1.18. The molecule has 0 N–H and O–H groups in total. The zero-order chi connectivity index (χ0) is 10.7. The molecule has 2 amide bonds. The Kier molecular flexibility index (Phi) is 3.12. The predicted octanol–water partition coefficient (Wildman–Crippen LogP) is 2.11. The Labute approximate surface area is 84.9 Å². The molecule has 76 valence electrons. The summed E-state index contributed by atoms with van der Waals surface area (Å²) in [5.74, 6) is 0. The maximum atomic E-state index is 11.6. The van der Waals surface area contributed by atoms with Gasteiger partial charge >= 0.3 is 6.03 Å². The molecule has 0 fully saturated rings. The van der Waals surface area contributed by atoms with Crippen molar-refractivity contribution in [3.05, 3.63) is 29.8 Å². The van der Waals surface area contributed by atoms with E-state index < -0.39 is 0 Å². The van der Waals surface area contributed by atoms with Crippen molar-refractivity contribution in [3.63, 3.8) is 0 Å². The summed E-state index contributed by atoms with van der Waals surface area (Å²) in [4.78, 5) is 14.8. The molecule has 0 aliphatic carbocycles. The van der Waals surface area contributed by atoms with Crippen LogP contribution in [0.1, 0.15) is 5.56 Å². The van der Waals surface area contributed by atoms with Gasteiger partial charge in [0.05, 0.1) is 0 Å². The van der Waals surface area contributed by atoms with E-state index in [2.05, 4.69) is 0 Å². The molecule has 0 aliphatic rings. The Hall–Kier alpha value is -1.51. The molecule has 1 aromatic carbocycles. The molecule has 0 spiro atoms. The summed E-state index contributed by atoms with van der Waals surface area (Å²) >= 11 is 0. The summed E-state index contributed by atoms with van der Waals surface area (Å²) in [5.41, 5.74) is 2.11. The van der Waals surface area contributed by atoms with Crippen LogP contribution in [0.2, 0.25) is 0 Å². The monoisotopic (exact) mass is 192 g/mol. The topological polar surface area (TPSA) is 23.6 Å². The number of amides is 2. The normalized spacial score (nSPS) is 9.71. The van der Waals surface area contributed by atoms with Gasteiger partial charge in [-0.3, -0.25) is 4.90 Å². The Bertz CT molecular complexity index is 317. The fourth-order valence-electron chi connectivity index (χ4n) is 1.18. The molecule has 1 aromatic rings. The summed E-state index contributed by atoms with van der Waals surface area (Å²) in [6, 6.07) is 7.85. The molecule has 0 heterocycles. The highest BCUT2D eigenvalue weighted by molar-refractivity contribution is 5.91. The van der Waals surface area contributed by atoms with E-state index >= 15 is 0 Å². The second-order valence-electron chi connectivity index (χ2n) is 3.57. The van der Waals surface area contributed by atoms with E-state index in [0.29, 0.717) is 0 Å². The Morgan fingerprint density at radius 2 is 1.57 bits per heavy atom. The number of hydrogen-bond acceptors (Lipinski definition) is 1. The fraction of sp³-hybridized carbons (Fsp3) is 0.364. The van der Waals surface area contributed by atoms with Crippen molar-refractivity contribution in [2.45, 2.75) is 6.92 Å². The highest BCUT2D eigenvalue weighted by atomic mass is 16.2. The molecule has 0 aliphatic heterocycles. The lowest BCUT2D eigenvalue weighted by atomic mass is 10.2. The third-order valence-electron chi connectivity index (χ3n) is 2.09. The van der Waals surface area contributed by atoms with Crippen LogP contribution in [0.25, 0.3) is 0 Å². The van der Waals surface area contributed by atoms with Crippen LogP contribution in [0.15, 0.2) is 24.3 Å². The summed E-state index contributed by atoms with van der Waals surface area (Å²) < 4.78 is 0. The molecule has 0 aromatic heterocycles. The van der Waals surface area contributed by atoms with Gasteiger partial charge in [-0.15, -0.1) is 0 Å². The summed E-state index contributed by atoms with van der Waals surface area (Å²) in [6.45, 7) is 2.03. The van der Waals surface area contributed by atoms with Crippen molar-refractivity contribution in [2.75, 3.05) is 26.0 Å². The van der Waals surface area contributed by atoms with E-state index in [9.17, 15) is 4.79 Å². The standard InChI is InChI=1S/C11H16N2O/c1-9-5-7-10(8-6-9)13(4)11(14)12(2)3/h5-8H,1-4H3. The maximum absolute atomic E-state index is 11.6. The first-order valence-electron chi connectivity index (χ1n) is 4.54. The predicted molar refractivity (Wildman–Crippen MR) is 58.7 cm³/mol. The number of carbonyl (C=O) groups excluding carboxylic acids is 1. The van der Waals surface area contributed by atoms with Gasteiger partial charge < -0.3 is 4.90 Å². The van der Waals surface area contributed by atoms with Crippen LogP contribution in [0.4, 0.5) is 10.5 Å². The lowest BCUT2D eigenvalue weighted by molar-refractivity contribution is 0.225. The van der Waals surface area contributed by atoms with Crippen LogP contribution in [-0.4, -0.2) is 32.1 Å². The minimum absolute atomic E-state index is 0.0196. The first-order valence-corrected chi connectivity index (χ1v) is 4.54. The molecular formula is C11H16N2O. The number of anilines is 1. The van der Waals surface area contributed by atoms with Gasteiger partial charge in [0.1, 0.15) is 0 Å². The number of benzene rings is 1. The van der Waals surface area contributed by atoms with Crippen LogP contribution in [0.5, 0.6) is 0 Å². The number of hydrogen-bond donors (Lipinski definition) is 0. The van der Waals surface area contributed by atoms with E-state index in [0.717, 1.165) is 5.69 Å². The summed E-state index contributed by atoms with van der Waals surface area (Å²) in [5, 5.41) is 0. The molecule has 3 nitrogen and oxygen atoms in total. The molecule has 0 radical (unpaired) electrons. The molecule has 1 rings (SSSR count). The molecule has 0 unspecified atom stereocenters. The van der Waals surface area contributed by atoms with Gasteiger partial charge in [-0.1, -0.05) is 17.7 Å². The van der Waals surface area contributed by atoms with Crippen molar-refractivity contribution in [3.8, 4) is 0 Å². The molecule has 14 heavy (non-hydrogen) atoms. The van der Waals surface area contributed by atoms with Gasteiger partial charge in [-0.05, 0) is 19.1 Å². The minimum Gasteiger partial charge on any atom is -0.330 e. The van der Waals surface area contributed by atoms with Crippen molar-refractivity contribution in [2.24, 2.45) is 0 Å². The Balaban J connectivity index is 2.84. The first-order chi connectivity index (χ1) is 6.52. The highest BCUT2D eigenvalue weighted by Crippen LogP contribution is 2.14. The molecular weight excluding hydrogens is 176 g/mol. The Morgan fingerprint density at radius 3 is 2.00 bits per heavy atom. The molecule has 0 atom stereocenters. The first kappa shape index (κ1) is 10.6. The third-order valence-corrected chi connectivity index (χ3v) is 2.09. The largest absolute Gasteiger partial charge is 0.330 e. The smallest absolute Gasteiger partial charge is 0.323 e. The van der Waals surface area contributed by atoms with Crippen LogP contribution < -0.4 is 4.90 Å². The van der Waals surface area contributed by atoms with Crippen LogP contribution in [-0.2, 0) is 0 Å². The van der Waals surface area contributed by atoms with Gasteiger partial charge in [0.2, 0.25) is 0 Å².